The number of benzene rings is 1. The van der Waals surface area contributed by atoms with Crippen LogP contribution in [0, 0.1) is 0 Å². The summed E-state index contributed by atoms with van der Waals surface area (Å²) in [6.45, 7) is 2.93. The minimum absolute atomic E-state index is 0.524. The van der Waals surface area contributed by atoms with Crippen LogP contribution in [-0.2, 0) is 0 Å². The lowest BCUT2D eigenvalue weighted by molar-refractivity contribution is 0.674. The molecular formula is C11H17NS. The molecule has 0 amide bonds. The van der Waals surface area contributed by atoms with Gasteiger partial charge >= 0.3 is 0 Å². The van der Waals surface area contributed by atoms with Crippen molar-refractivity contribution in [3.8, 4) is 0 Å². The van der Waals surface area contributed by atoms with E-state index in [1.807, 2.05) is 0 Å². The molecule has 2 heteroatoms. The second kappa shape index (κ2) is 5.30. The summed E-state index contributed by atoms with van der Waals surface area (Å²) in [5.74, 6) is 0.524. The summed E-state index contributed by atoms with van der Waals surface area (Å²) >= 11 is 1.77. The molecular weight excluding hydrogens is 178 g/mol. The summed E-state index contributed by atoms with van der Waals surface area (Å²) in [6.07, 6.45) is 3.21. The minimum atomic E-state index is 0.524. The van der Waals surface area contributed by atoms with E-state index in [0.717, 1.165) is 13.0 Å². The molecule has 2 N–H and O–H groups in total. The molecule has 0 aliphatic heterocycles. The first-order valence-electron chi connectivity index (χ1n) is 4.65. The van der Waals surface area contributed by atoms with Crippen LogP contribution in [0.25, 0.3) is 0 Å². The summed E-state index contributed by atoms with van der Waals surface area (Å²) in [4.78, 5) is 1.32. The van der Waals surface area contributed by atoms with Crippen molar-refractivity contribution >= 4 is 11.8 Å². The van der Waals surface area contributed by atoms with Gasteiger partial charge in [-0.05, 0) is 42.8 Å². The number of hydrogen-bond acceptors (Lipinski definition) is 2. The predicted molar refractivity (Wildman–Crippen MR) is 60.3 cm³/mol. The van der Waals surface area contributed by atoms with E-state index in [2.05, 4.69) is 37.4 Å². The predicted octanol–water partition coefficient (Wildman–Crippen LogP) is 2.86. The first-order valence-corrected chi connectivity index (χ1v) is 5.88. The number of thioether (sulfide) groups is 1. The zero-order valence-electron chi connectivity index (χ0n) is 8.29. The molecule has 13 heavy (non-hydrogen) atoms. The highest BCUT2D eigenvalue weighted by atomic mass is 32.2. The minimum Gasteiger partial charge on any atom is -0.330 e. The van der Waals surface area contributed by atoms with Crippen molar-refractivity contribution < 1.29 is 0 Å². The summed E-state index contributed by atoms with van der Waals surface area (Å²) in [7, 11) is 0. The van der Waals surface area contributed by atoms with Gasteiger partial charge in [0.05, 0.1) is 0 Å². The highest BCUT2D eigenvalue weighted by molar-refractivity contribution is 7.98. The SMILES string of the molecule is CCC(CN)c1ccc(SC)cc1. The van der Waals surface area contributed by atoms with Gasteiger partial charge < -0.3 is 5.73 Å². The van der Waals surface area contributed by atoms with Gasteiger partial charge in [-0.25, -0.2) is 0 Å². The monoisotopic (exact) mass is 195 g/mol. The molecule has 1 unspecified atom stereocenters. The molecule has 1 aromatic carbocycles. The van der Waals surface area contributed by atoms with Crippen LogP contribution >= 0.6 is 11.8 Å². The zero-order valence-corrected chi connectivity index (χ0v) is 9.10. The molecule has 1 nitrogen and oxygen atoms in total. The average Bonchev–Trinajstić information content (AvgIpc) is 2.21. The second-order valence-electron chi connectivity index (χ2n) is 3.11. The van der Waals surface area contributed by atoms with E-state index in [-0.39, 0.29) is 0 Å². The Kier molecular flexibility index (Phi) is 4.33. The molecule has 0 heterocycles. The van der Waals surface area contributed by atoms with E-state index < -0.39 is 0 Å². The Balaban J connectivity index is 2.78. The van der Waals surface area contributed by atoms with Crippen molar-refractivity contribution in [3.63, 3.8) is 0 Å². The average molecular weight is 195 g/mol. The smallest absolute Gasteiger partial charge is 0.00693 e. The van der Waals surface area contributed by atoms with Crippen LogP contribution in [0.2, 0.25) is 0 Å². The first-order chi connectivity index (χ1) is 6.31. The van der Waals surface area contributed by atoms with E-state index in [0.29, 0.717) is 5.92 Å². The molecule has 1 aromatic rings. The van der Waals surface area contributed by atoms with Crippen LogP contribution in [0.4, 0.5) is 0 Å². The summed E-state index contributed by atoms with van der Waals surface area (Å²) in [6, 6.07) is 8.70. The van der Waals surface area contributed by atoms with E-state index in [9.17, 15) is 0 Å². The van der Waals surface area contributed by atoms with Gasteiger partial charge in [-0.3, -0.25) is 0 Å². The molecule has 0 saturated heterocycles. The van der Waals surface area contributed by atoms with Crippen molar-refractivity contribution in [2.24, 2.45) is 5.73 Å². The largest absolute Gasteiger partial charge is 0.330 e. The van der Waals surface area contributed by atoms with Crippen LogP contribution in [0.1, 0.15) is 24.8 Å². The van der Waals surface area contributed by atoms with Gasteiger partial charge in [-0.15, -0.1) is 11.8 Å². The van der Waals surface area contributed by atoms with Gasteiger partial charge in [0, 0.05) is 4.90 Å². The molecule has 0 fully saturated rings. The lowest BCUT2D eigenvalue weighted by Crippen LogP contribution is -2.11. The Labute approximate surface area is 84.7 Å². The summed E-state index contributed by atoms with van der Waals surface area (Å²) in [5.41, 5.74) is 7.04. The van der Waals surface area contributed by atoms with Crippen LogP contribution in [-0.4, -0.2) is 12.8 Å². The topological polar surface area (TPSA) is 26.0 Å². The maximum Gasteiger partial charge on any atom is 0.00693 e. The number of rotatable bonds is 4. The standard InChI is InChI=1S/C11H17NS/c1-3-9(8-12)10-4-6-11(13-2)7-5-10/h4-7,9H,3,8,12H2,1-2H3. The fraction of sp³-hybridized carbons (Fsp3) is 0.455. The summed E-state index contributed by atoms with van der Waals surface area (Å²) < 4.78 is 0. The lowest BCUT2D eigenvalue weighted by Gasteiger charge is -2.12. The normalized spacial score (nSPS) is 12.8. The second-order valence-corrected chi connectivity index (χ2v) is 3.99. The van der Waals surface area contributed by atoms with Crippen LogP contribution in [0.3, 0.4) is 0 Å². The Morgan fingerprint density at radius 1 is 1.31 bits per heavy atom. The Hall–Kier alpha value is -0.470. The maximum atomic E-state index is 5.68. The number of hydrogen-bond donors (Lipinski definition) is 1. The van der Waals surface area contributed by atoms with E-state index in [4.69, 9.17) is 5.73 Å². The van der Waals surface area contributed by atoms with Crippen LogP contribution in [0.15, 0.2) is 29.2 Å². The van der Waals surface area contributed by atoms with Crippen molar-refractivity contribution in [1.82, 2.24) is 0 Å². The fourth-order valence-electron chi connectivity index (χ4n) is 1.41. The van der Waals surface area contributed by atoms with Gasteiger partial charge in [0.1, 0.15) is 0 Å². The third-order valence-corrected chi connectivity index (χ3v) is 3.11. The molecule has 1 rings (SSSR count). The third-order valence-electron chi connectivity index (χ3n) is 2.36. The molecule has 0 bridgehead atoms. The van der Waals surface area contributed by atoms with E-state index in [1.54, 1.807) is 11.8 Å². The maximum absolute atomic E-state index is 5.68. The van der Waals surface area contributed by atoms with E-state index >= 15 is 0 Å². The zero-order chi connectivity index (χ0) is 9.68. The third kappa shape index (κ3) is 2.75. The van der Waals surface area contributed by atoms with Crippen molar-refractivity contribution in [3.05, 3.63) is 29.8 Å². The lowest BCUT2D eigenvalue weighted by atomic mass is 9.97. The molecule has 0 aliphatic carbocycles. The quantitative estimate of drug-likeness (QED) is 0.748. The number of nitrogens with two attached hydrogens (primary N) is 1. The Morgan fingerprint density at radius 3 is 2.31 bits per heavy atom. The fourth-order valence-corrected chi connectivity index (χ4v) is 1.82. The van der Waals surface area contributed by atoms with Gasteiger partial charge in [0.25, 0.3) is 0 Å². The first kappa shape index (κ1) is 10.6. The van der Waals surface area contributed by atoms with Crippen molar-refractivity contribution in [1.29, 1.82) is 0 Å². The van der Waals surface area contributed by atoms with Crippen LogP contribution < -0.4 is 5.73 Å². The van der Waals surface area contributed by atoms with Gasteiger partial charge in [-0.1, -0.05) is 19.1 Å². The molecule has 0 aliphatic rings. The van der Waals surface area contributed by atoms with Crippen molar-refractivity contribution in [2.75, 3.05) is 12.8 Å². The van der Waals surface area contributed by atoms with Gasteiger partial charge in [-0.2, -0.15) is 0 Å². The summed E-state index contributed by atoms with van der Waals surface area (Å²) in [5, 5.41) is 0. The Morgan fingerprint density at radius 2 is 1.92 bits per heavy atom. The Bertz CT molecular complexity index is 239. The molecule has 0 saturated carbocycles. The molecule has 1 atom stereocenters. The van der Waals surface area contributed by atoms with Crippen LogP contribution in [0.5, 0.6) is 0 Å². The van der Waals surface area contributed by atoms with E-state index in [1.165, 1.54) is 10.5 Å². The van der Waals surface area contributed by atoms with Gasteiger partial charge in [0.2, 0.25) is 0 Å². The highest BCUT2D eigenvalue weighted by Crippen LogP contribution is 2.21. The van der Waals surface area contributed by atoms with Crippen molar-refractivity contribution in [2.45, 2.75) is 24.2 Å². The molecule has 0 aromatic heterocycles. The molecule has 0 radical (unpaired) electrons. The highest BCUT2D eigenvalue weighted by Gasteiger charge is 2.05. The van der Waals surface area contributed by atoms with Gasteiger partial charge in [0.15, 0.2) is 0 Å². The molecule has 72 valence electrons. The molecule has 0 spiro atoms.